The monoisotopic (exact) mass is 496 g/mol. The minimum absolute atomic E-state index is 0.118. The van der Waals surface area contributed by atoms with Gasteiger partial charge in [-0.1, -0.05) is 30.7 Å². The molecule has 2 aliphatic rings. The molecule has 0 unspecified atom stereocenters. The summed E-state index contributed by atoms with van der Waals surface area (Å²) in [4.78, 5) is 31.3. The Morgan fingerprint density at radius 3 is 2.57 bits per heavy atom. The average Bonchev–Trinajstić information content (AvgIpc) is 3.16. The van der Waals surface area contributed by atoms with Crippen LogP contribution in [0, 0.1) is 0 Å². The molecule has 3 heterocycles. The highest BCUT2D eigenvalue weighted by Gasteiger charge is 2.42. The lowest BCUT2D eigenvalue weighted by molar-refractivity contribution is 0.0353. The highest BCUT2D eigenvalue weighted by atomic mass is 35.5. The maximum absolute atomic E-state index is 13.6. The topological polar surface area (TPSA) is 72.2 Å². The third-order valence-electron chi connectivity index (χ3n) is 6.57. The number of halogens is 1. The lowest BCUT2D eigenvalue weighted by atomic mass is 9.98. The van der Waals surface area contributed by atoms with E-state index in [-0.39, 0.29) is 17.1 Å². The first-order chi connectivity index (χ1) is 17.1. The largest absolute Gasteiger partial charge is 0.494 e. The zero-order valence-corrected chi connectivity index (χ0v) is 20.6. The van der Waals surface area contributed by atoms with Gasteiger partial charge in [0, 0.05) is 31.2 Å². The predicted octanol–water partition coefficient (Wildman–Crippen LogP) is 4.50. The van der Waals surface area contributed by atoms with Crippen LogP contribution in [0.5, 0.6) is 5.75 Å². The van der Waals surface area contributed by atoms with Crippen molar-refractivity contribution in [2.24, 2.45) is 0 Å². The number of carbonyl (C=O) groups excluding carboxylic acids is 1. The number of hydrogen-bond acceptors (Lipinski definition) is 6. The number of rotatable bonds is 8. The molecule has 1 fully saturated rings. The number of nitrogens with zero attached hydrogens (tertiary/aromatic N) is 2. The van der Waals surface area contributed by atoms with Crippen LogP contribution in [0.25, 0.3) is 11.0 Å². The van der Waals surface area contributed by atoms with Gasteiger partial charge >= 0.3 is 0 Å². The number of amides is 1. The SMILES string of the molecule is CCCOc1ccc([C@@H]2c3c(oc4ccc(Cl)cc4c3=O)C(=O)N2CCCN2CCOCC2)cc1. The molecule has 35 heavy (non-hydrogen) atoms. The fraction of sp³-hybridized carbons (Fsp3) is 0.407. The molecule has 0 bridgehead atoms. The highest BCUT2D eigenvalue weighted by Crippen LogP contribution is 2.39. The molecule has 8 heteroatoms. The minimum atomic E-state index is -0.526. The fourth-order valence-corrected chi connectivity index (χ4v) is 5.00. The molecule has 1 aromatic heterocycles. The van der Waals surface area contributed by atoms with E-state index < -0.39 is 6.04 Å². The van der Waals surface area contributed by atoms with E-state index in [2.05, 4.69) is 11.8 Å². The Balaban J connectivity index is 1.50. The average molecular weight is 497 g/mol. The summed E-state index contributed by atoms with van der Waals surface area (Å²) in [5.74, 6) is 0.621. The van der Waals surface area contributed by atoms with Crippen LogP contribution in [-0.2, 0) is 4.74 Å². The number of carbonyl (C=O) groups is 1. The smallest absolute Gasteiger partial charge is 0.290 e. The number of morpholine rings is 1. The van der Waals surface area contributed by atoms with Gasteiger partial charge in [-0.3, -0.25) is 14.5 Å². The molecule has 0 saturated carbocycles. The van der Waals surface area contributed by atoms with Crippen molar-refractivity contribution in [1.82, 2.24) is 9.80 Å². The van der Waals surface area contributed by atoms with E-state index in [0.717, 1.165) is 57.0 Å². The summed E-state index contributed by atoms with van der Waals surface area (Å²) in [6.07, 6.45) is 1.70. The minimum Gasteiger partial charge on any atom is -0.494 e. The van der Waals surface area contributed by atoms with Crippen molar-refractivity contribution in [3.05, 3.63) is 74.6 Å². The summed E-state index contributed by atoms with van der Waals surface area (Å²) in [5, 5.41) is 0.831. The van der Waals surface area contributed by atoms with Crippen LogP contribution in [-0.4, -0.2) is 61.7 Å². The lowest BCUT2D eigenvalue weighted by Gasteiger charge is -2.29. The van der Waals surface area contributed by atoms with Crippen LogP contribution >= 0.6 is 11.6 Å². The second-order valence-electron chi connectivity index (χ2n) is 8.94. The lowest BCUT2D eigenvalue weighted by Crippen LogP contribution is -2.38. The van der Waals surface area contributed by atoms with Gasteiger partial charge in [0.2, 0.25) is 5.76 Å². The summed E-state index contributed by atoms with van der Waals surface area (Å²) in [5.41, 5.74) is 1.37. The maximum atomic E-state index is 13.6. The zero-order valence-electron chi connectivity index (χ0n) is 19.8. The van der Waals surface area contributed by atoms with E-state index in [1.54, 1.807) is 23.1 Å². The van der Waals surface area contributed by atoms with Crippen molar-refractivity contribution in [3.8, 4) is 5.75 Å². The molecule has 1 saturated heterocycles. The molecule has 0 aliphatic carbocycles. The number of fused-ring (bicyclic) bond motifs is 2. The maximum Gasteiger partial charge on any atom is 0.290 e. The first kappa shape index (κ1) is 23.9. The quantitative estimate of drug-likeness (QED) is 0.457. The molecule has 184 valence electrons. The van der Waals surface area contributed by atoms with E-state index in [4.69, 9.17) is 25.5 Å². The van der Waals surface area contributed by atoms with E-state index in [1.165, 1.54) is 0 Å². The highest BCUT2D eigenvalue weighted by molar-refractivity contribution is 6.31. The predicted molar refractivity (Wildman–Crippen MR) is 134 cm³/mol. The zero-order chi connectivity index (χ0) is 24.4. The van der Waals surface area contributed by atoms with Crippen molar-refractivity contribution in [2.75, 3.05) is 46.0 Å². The van der Waals surface area contributed by atoms with Gasteiger partial charge in [0.05, 0.1) is 36.8 Å². The Bertz CT molecular complexity index is 1270. The molecular weight excluding hydrogens is 468 g/mol. The van der Waals surface area contributed by atoms with Crippen molar-refractivity contribution < 1.29 is 18.7 Å². The van der Waals surface area contributed by atoms with E-state index in [9.17, 15) is 9.59 Å². The van der Waals surface area contributed by atoms with Crippen LogP contribution in [0.3, 0.4) is 0 Å². The second kappa shape index (κ2) is 10.4. The first-order valence-corrected chi connectivity index (χ1v) is 12.5. The summed E-state index contributed by atoms with van der Waals surface area (Å²) in [6.45, 7) is 7.31. The normalized spacial score (nSPS) is 18.3. The third-order valence-corrected chi connectivity index (χ3v) is 6.81. The molecule has 0 radical (unpaired) electrons. The standard InChI is InChI=1S/C27H29ClN2O5/c1-2-14-34-20-7-4-18(5-8-20)24-23-25(31)21-17-19(28)6-9-22(21)35-26(23)27(32)30(24)11-3-10-29-12-15-33-16-13-29/h4-9,17,24H,2-3,10-16H2,1H3/t24-/m1/s1. The van der Waals surface area contributed by atoms with Crippen LogP contribution in [0.15, 0.2) is 51.7 Å². The molecule has 2 aromatic carbocycles. The van der Waals surface area contributed by atoms with Crippen LogP contribution in [0.1, 0.15) is 47.5 Å². The Labute approximate surface area is 209 Å². The Morgan fingerprint density at radius 1 is 1.06 bits per heavy atom. The molecule has 2 aliphatic heterocycles. The molecule has 7 nitrogen and oxygen atoms in total. The summed E-state index contributed by atoms with van der Waals surface area (Å²) in [6, 6.07) is 12.0. The van der Waals surface area contributed by atoms with Crippen LogP contribution < -0.4 is 10.2 Å². The van der Waals surface area contributed by atoms with Gasteiger partial charge in [-0.15, -0.1) is 0 Å². The fourth-order valence-electron chi connectivity index (χ4n) is 4.83. The van der Waals surface area contributed by atoms with E-state index in [1.807, 2.05) is 24.3 Å². The van der Waals surface area contributed by atoms with Gasteiger partial charge in [-0.2, -0.15) is 0 Å². The Hall–Kier alpha value is -2.87. The van der Waals surface area contributed by atoms with E-state index in [0.29, 0.717) is 34.7 Å². The van der Waals surface area contributed by atoms with E-state index >= 15 is 0 Å². The molecule has 1 atom stereocenters. The van der Waals surface area contributed by atoms with Gasteiger partial charge < -0.3 is 18.8 Å². The van der Waals surface area contributed by atoms with Crippen LogP contribution in [0.2, 0.25) is 5.02 Å². The van der Waals surface area contributed by atoms with Crippen molar-refractivity contribution in [2.45, 2.75) is 25.8 Å². The third kappa shape index (κ3) is 4.81. The Morgan fingerprint density at radius 2 is 1.83 bits per heavy atom. The van der Waals surface area contributed by atoms with Gasteiger partial charge in [-0.05, 0) is 48.7 Å². The molecule has 1 amide bonds. The molecular formula is C27H29ClN2O5. The Kier molecular flexibility index (Phi) is 7.09. The van der Waals surface area contributed by atoms with Gasteiger partial charge in [0.1, 0.15) is 11.3 Å². The molecule has 3 aromatic rings. The van der Waals surface area contributed by atoms with Gasteiger partial charge in [-0.25, -0.2) is 0 Å². The number of benzene rings is 2. The molecule has 0 spiro atoms. The van der Waals surface area contributed by atoms with Crippen molar-refractivity contribution in [1.29, 1.82) is 0 Å². The summed E-state index contributed by atoms with van der Waals surface area (Å²) in [7, 11) is 0. The van der Waals surface area contributed by atoms with Crippen LogP contribution in [0.4, 0.5) is 0 Å². The second-order valence-corrected chi connectivity index (χ2v) is 9.38. The number of ether oxygens (including phenoxy) is 2. The van der Waals surface area contributed by atoms with Gasteiger partial charge in [0.25, 0.3) is 5.91 Å². The number of hydrogen-bond donors (Lipinski definition) is 0. The van der Waals surface area contributed by atoms with Crippen molar-refractivity contribution >= 4 is 28.5 Å². The molecule has 5 rings (SSSR count). The first-order valence-electron chi connectivity index (χ1n) is 12.2. The van der Waals surface area contributed by atoms with Crippen molar-refractivity contribution in [3.63, 3.8) is 0 Å². The summed E-state index contributed by atoms with van der Waals surface area (Å²) < 4.78 is 17.2. The van der Waals surface area contributed by atoms with Gasteiger partial charge in [0.15, 0.2) is 5.43 Å². The summed E-state index contributed by atoms with van der Waals surface area (Å²) >= 11 is 6.17. The molecule has 0 N–H and O–H groups in total.